The maximum Gasteiger partial charge on any atom is 0.433 e. The van der Waals surface area contributed by atoms with E-state index in [-0.39, 0.29) is 18.3 Å². The largest absolute Gasteiger partial charge is 0.433 e. The second kappa shape index (κ2) is 9.22. The van der Waals surface area contributed by atoms with Crippen LogP contribution < -0.4 is 10.4 Å². The Kier molecular flexibility index (Phi) is 6.90. The van der Waals surface area contributed by atoms with Gasteiger partial charge < -0.3 is 4.90 Å². The van der Waals surface area contributed by atoms with Crippen molar-refractivity contribution in [3.05, 3.63) is 53.0 Å². The van der Waals surface area contributed by atoms with Crippen LogP contribution in [0, 0.1) is 16.7 Å². The smallest absolute Gasteiger partial charge is 0.305 e. The Bertz CT molecular complexity index is 1080. The SMILES string of the molecule is CN(C)Cc1ccc(C2(C(=O)NN(CC(C)(C)C)c3cc(C(F)(F)F)nc(C#N)n3)CC2)cc1. The molecule has 182 valence electrons. The average molecular weight is 475 g/mol. The molecule has 7 nitrogen and oxygen atoms in total. The number of alkyl halides is 3. The maximum atomic E-state index is 13.4. The van der Waals surface area contributed by atoms with Crippen LogP contribution in [0.2, 0.25) is 0 Å². The fourth-order valence-corrected chi connectivity index (χ4v) is 3.72. The highest BCUT2D eigenvalue weighted by Gasteiger charge is 2.52. The fourth-order valence-electron chi connectivity index (χ4n) is 3.72. The molecule has 1 aromatic heterocycles. The van der Waals surface area contributed by atoms with Gasteiger partial charge in [0, 0.05) is 19.2 Å². The molecule has 10 heteroatoms. The molecular weight excluding hydrogens is 445 g/mol. The molecule has 0 saturated heterocycles. The molecule has 1 saturated carbocycles. The molecule has 0 spiro atoms. The second-order valence-corrected chi connectivity index (χ2v) is 10.1. The number of nitriles is 1. The highest BCUT2D eigenvalue weighted by molar-refractivity contribution is 5.92. The molecule has 0 unspecified atom stereocenters. The number of hydrogen-bond acceptors (Lipinski definition) is 6. The number of carbonyl (C=O) groups excluding carboxylic acids is 1. The number of anilines is 1. The average Bonchev–Trinajstić information content (AvgIpc) is 3.53. The molecule has 1 aromatic carbocycles. The summed E-state index contributed by atoms with van der Waals surface area (Å²) < 4.78 is 40.1. The van der Waals surface area contributed by atoms with E-state index in [0.29, 0.717) is 12.8 Å². The molecule has 3 rings (SSSR count). The number of benzene rings is 1. The minimum Gasteiger partial charge on any atom is -0.305 e. The van der Waals surface area contributed by atoms with E-state index in [1.54, 1.807) is 6.07 Å². The third-order valence-corrected chi connectivity index (χ3v) is 5.44. The fraction of sp³-hybridized carbons (Fsp3) is 0.500. The van der Waals surface area contributed by atoms with Gasteiger partial charge in [0.05, 0.1) is 5.41 Å². The second-order valence-electron chi connectivity index (χ2n) is 10.1. The van der Waals surface area contributed by atoms with E-state index in [2.05, 4.69) is 15.4 Å². The topological polar surface area (TPSA) is 85.2 Å². The van der Waals surface area contributed by atoms with Crippen molar-refractivity contribution in [1.82, 2.24) is 20.3 Å². The van der Waals surface area contributed by atoms with Gasteiger partial charge in [0.25, 0.3) is 0 Å². The number of hydrogen-bond donors (Lipinski definition) is 1. The lowest BCUT2D eigenvalue weighted by atomic mass is 9.94. The first kappa shape index (κ1) is 25.4. The minimum absolute atomic E-state index is 0.176. The van der Waals surface area contributed by atoms with Gasteiger partial charge in [-0.05, 0) is 43.5 Å². The standard InChI is InChI=1S/C24H29F3N6O/c1-22(2,3)15-33(20-12-18(24(25,26)27)29-19(13-28)30-20)31-21(34)23(10-11-23)17-8-6-16(7-9-17)14-32(4)5/h6-9,12H,10-11,14-15H2,1-5H3,(H,31,34). The molecule has 2 aromatic rings. The summed E-state index contributed by atoms with van der Waals surface area (Å²) in [6, 6.07) is 10.1. The minimum atomic E-state index is -4.76. The van der Waals surface area contributed by atoms with Crippen LogP contribution in [0.4, 0.5) is 19.0 Å². The van der Waals surface area contributed by atoms with Crippen molar-refractivity contribution in [2.24, 2.45) is 5.41 Å². The number of aromatic nitrogens is 2. The number of carbonyl (C=O) groups is 1. The first-order chi connectivity index (χ1) is 15.7. The molecule has 0 bridgehead atoms. The number of hydrazine groups is 1. The third kappa shape index (κ3) is 6.03. The summed E-state index contributed by atoms with van der Waals surface area (Å²) in [5.41, 5.74) is 2.39. The summed E-state index contributed by atoms with van der Waals surface area (Å²) in [4.78, 5) is 22.7. The van der Waals surface area contributed by atoms with Gasteiger partial charge in [0.15, 0.2) is 11.5 Å². The number of halogens is 3. The third-order valence-electron chi connectivity index (χ3n) is 5.44. The molecule has 1 N–H and O–H groups in total. The van der Waals surface area contributed by atoms with E-state index in [1.165, 1.54) is 5.01 Å². The normalized spacial score (nSPS) is 15.1. The van der Waals surface area contributed by atoms with Crippen molar-refractivity contribution in [2.75, 3.05) is 25.6 Å². The highest BCUT2D eigenvalue weighted by atomic mass is 19.4. The molecule has 0 radical (unpaired) electrons. The Morgan fingerprint density at radius 2 is 1.76 bits per heavy atom. The molecule has 34 heavy (non-hydrogen) atoms. The Morgan fingerprint density at radius 1 is 1.15 bits per heavy atom. The Morgan fingerprint density at radius 3 is 2.24 bits per heavy atom. The maximum absolute atomic E-state index is 13.4. The van der Waals surface area contributed by atoms with E-state index < -0.39 is 28.5 Å². The lowest BCUT2D eigenvalue weighted by Crippen LogP contribution is -2.50. The molecule has 0 aliphatic heterocycles. The first-order valence-corrected chi connectivity index (χ1v) is 10.9. The van der Waals surface area contributed by atoms with Crippen molar-refractivity contribution in [3.8, 4) is 6.07 Å². The lowest BCUT2D eigenvalue weighted by Gasteiger charge is -2.32. The van der Waals surface area contributed by atoms with E-state index in [9.17, 15) is 18.0 Å². The van der Waals surface area contributed by atoms with Crippen molar-refractivity contribution in [2.45, 2.75) is 51.7 Å². The van der Waals surface area contributed by atoms with E-state index in [1.807, 2.05) is 64.0 Å². The van der Waals surface area contributed by atoms with Crippen LogP contribution in [0.15, 0.2) is 30.3 Å². The van der Waals surface area contributed by atoms with Gasteiger partial charge in [-0.1, -0.05) is 45.0 Å². The zero-order valence-corrected chi connectivity index (χ0v) is 20.0. The van der Waals surface area contributed by atoms with Gasteiger partial charge in [-0.15, -0.1) is 0 Å². The summed E-state index contributed by atoms with van der Waals surface area (Å²) in [5.74, 6) is -1.11. The van der Waals surface area contributed by atoms with Crippen LogP contribution >= 0.6 is 0 Å². The monoisotopic (exact) mass is 474 g/mol. The van der Waals surface area contributed by atoms with Crippen LogP contribution in [0.1, 0.15) is 56.3 Å². The van der Waals surface area contributed by atoms with Crippen molar-refractivity contribution >= 4 is 11.7 Å². The van der Waals surface area contributed by atoms with Gasteiger partial charge >= 0.3 is 6.18 Å². The van der Waals surface area contributed by atoms with Crippen molar-refractivity contribution < 1.29 is 18.0 Å². The van der Waals surface area contributed by atoms with Crippen LogP contribution in [-0.4, -0.2) is 41.4 Å². The summed E-state index contributed by atoms with van der Waals surface area (Å²) in [5, 5.41) is 10.5. The van der Waals surface area contributed by atoms with Crippen LogP contribution in [-0.2, 0) is 22.9 Å². The quantitative estimate of drug-likeness (QED) is 0.610. The van der Waals surface area contributed by atoms with E-state index >= 15 is 0 Å². The molecule has 1 fully saturated rings. The number of rotatable bonds is 7. The predicted octanol–water partition coefficient (Wildman–Crippen LogP) is 4.04. The number of amides is 1. The van der Waals surface area contributed by atoms with Crippen molar-refractivity contribution in [3.63, 3.8) is 0 Å². The van der Waals surface area contributed by atoms with Gasteiger partial charge in [0.2, 0.25) is 11.7 Å². The van der Waals surface area contributed by atoms with Gasteiger partial charge in [-0.25, -0.2) is 4.98 Å². The van der Waals surface area contributed by atoms with Crippen LogP contribution in [0.25, 0.3) is 0 Å². The summed E-state index contributed by atoms with van der Waals surface area (Å²) in [6.07, 6.45) is -3.49. The predicted molar refractivity (Wildman–Crippen MR) is 121 cm³/mol. The molecular formula is C24H29F3N6O. The van der Waals surface area contributed by atoms with Gasteiger partial charge in [-0.2, -0.15) is 23.4 Å². The number of nitrogens with one attached hydrogen (secondary N) is 1. The zero-order valence-electron chi connectivity index (χ0n) is 20.0. The van der Waals surface area contributed by atoms with Crippen LogP contribution in [0.3, 0.4) is 0 Å². The summed E-state index contributed by atoms with van der Waals surface area (Å²) >= 11 is 0. The van der Waals surface area contributed by atoms with Crippen LogP contribution in [0.5, 0.6) is 0 Å². The first-order valence-electron chi connectivity index (χ1n) is 10.9. The van der Waals surface area contributed by atoms with E-state index in [4.69, 9.17) is 5.26 Å². The van der Waals surface area contributed by atoms with E-state index in [0.717, 1.165) is 23.7 Å². The Hall–Kier alpha value is -3.19. The lowest BCUT2D eigenvalue weighted by molar-refractivity contribution is -0.141. The Balaban J connectivity index is 1.91. The Labute approximate surface area is 197 Å². The number of nitrogens with zero attached hydrogens (tertiary/aromatic N) is 5. The summed E-state index contributed by atoms with van der Waals surface area (Å²) in [6.45, 7) is 6.61. The molecule has 0 atom stereocenters. The molecule has 1 amide bonds. The molecule has 1 aliphatic carbocycles. The summed E-state index contributed by atoms with van der Waals surface area (Å²) in [7, 11) is 3.95. The highest BCUT2D eigenvalue weighted by Crippen LogP contribution is 2.48. The van der Waals surface area contributed by atoms with Crippen molar-refractivity contribution in [1.29, 1.82) is 5.26 Å². The molecule has 1 aliphatic rings. The zero-order chi connectivity index (χ0) is 25.3. The van der Waals surface area contributed by atoms with Gasteiger partial charge in [0.1, 0.15) is 6.07 Å². The van der Waals surface area contributed by atoms with Gasteiger partial charge in [-0.3, -0.25) is 15.2 Å². The molecule has 1 heterocycles.